The molecule has 2 rings (SSSR count). The number of aliphatic hydroxyl groups is 2. The van der Waals surface area contributed by atoms with Crippen LogP contribution in [0.25, 0.3) is 0 Å². The van der Waals surface area contributed by atoms with E-state index in [-0.39, 0.29) is 14.0 Å². The van der Waals surface area contributed by atoms with Crippen LogP contribution < -0.4 is 16.1 Å². The summed E-state index contributed by atoms with van der Waals surface area (Å²) in [4.78, 5) is 23.8. The molecule has 0 spiro atoms. The highest BCUT2D eigenvalue weighted by atomic mass is 16.5. The van der Waals surface area contributed by atoms with Crippen LogP contribution in [0.4, 0.5) is 0 Å². The van der Waals surface area contributed by atoms with E-state index in [1.165, 1.54) is 12.4 Å². The lowest BCUT2D eigenvalue weighted by Crippen LogP contribution is -2.51. The zero-order valence-corrected chi connectivity index (χ0v) is 17.3. The summed E-state index contributed by atoms with van der Waals surface area (Å²) in [6.45, 7) is 3.00. The summed E-state index contributed by atoms with van der Waals surface area (Å²) in [5, 5.41) is 32.7. The lowest BCUT2D eigenvalue weighted by atomic mass is 10.1. The molecule has 2 atom stereocenters. The number of amides is 2. The van der Waals surface area contributed by atoms with Gasteiger partial charge in [-0.2, -0.15) is 0 Å². The first-order valence-corrected chi connectivity index (χ1v) is 9.90. The van der Waals surface area contributed by atoms with Crippen LogP contribution in [0.5, 0.6) is 0 Å². The van der Waals surface area contributed by atoms with Crippen molar-refractivity contribution in [3.05, 3.63) is 70.8 Å². The summed E-state index contributed by atoms with van der Waals surface area (Å²) in [7, 11) is 0. The van der Waals surface area contributed by atoms with Gasteiger partial charge in [0.2, 0.25) is 0 Å². The van der Waals surface area contributed by atoms with Crippen molar-refractivity contribution in [3.63, 3.8) is 0 Å². The summed E-state index contributed by atoms with van der Waals surface area (Å²) in [5.74, 6) is 4.63. The van der Waals surface area contributed by atoms with Crippen LogP contribution in [-0.4, -0.2) is 52.5 Å². The molecule has 0 aliphatic rings. The van der Waals surface area contributed by atoms with Gasteiger partial charge in [-0.1, -0.05) is 31.4 Å². The minimum absolute atomic E-state index is 0. The fraction of sp³-hybridized carbons (Fsp3) is 0.333. The standard InChI is InChI=1S/C23H27N3O5.CH4/c1-16(28)21(23(30)26-31)25-22(29)20-11-9-18(10-12-20)4-3-17-5-7-19(8-6-17)15-24-13-2-14-27;/h5-12,16,21,24,27-28,31H,2,13-15H2,1H3,(H,25,29)(H,26,30);1H4/t16-,21+;/m1./s1. The van der Waals surface area contributed by atoms with Gasteiger partial charge in [-0.05, 0) is 61.9 Å². The number of benzene rings is 2. The van der Waals surface area contributed by atoms with Crippen molar-refractivity contribution in [1.29, 1.82) is 0 Å². The van der Waals surface area contributed by atoms with Crippen LogP contribution in [0.1, 0.15) is 47.8 Å². The first-order valence-electron chi connectivity index (χ1n) is 9.90. The Kier molecular flexibility index (Phi) is 11.7. The minimum Gasteiger partial charge on any atom is -0.396 e. The van der Waals surface area contributed by atoms with Gasteiger partial charge in [0.1, 0.15) is 6.04 Å². The van der Waals surface area contributed by atoms with Gasteiger partial charge in [0, 0.05) is 29.8 Å². The Morgan fingerprint density at radius 2 is 1.56 bits per heavy atom. The molecule has 0 aliphatic carbocycles. The molecule has 2 aromatic carbocycles. The zero-order chi connectivity index (χ0) is 22.6. The summed E-state index contributed by atoms with van der Waals surface area (Å²) < 4.78 is 0. The van der Waals surface area contributed by atoms with Crippen LogP contribution in [-0.2, 0) is 11.3 Å². The monoisotopic (exact) mass is 441 g/mol. The molecule has 0 fully saturated rings. The Bertz CT molecular complexity index is 915. The van der Waals surface area contributed by atoms with Crippen LogP contribution in [0, 0.1) is 11.8 Å². The van der Waals surface area contributed by atoms with Gasteiger partial charge < -0.3 is 20.8 Å². The van der Waals surface area contributed by atoms with E-state index < -0.39 is 24.0 Å². The number of aliphatic hydroxyl groups excluding tert-OH is 2. The SMILES string of the molecule is C.C[C@@H](O)[C@H](NC(=O)c1ccc(C#Cc2ccc(CNCCCO)cc2)cc1)C(=O)NO. The maximum atomic E-state index is 12.3. The second kappa shape index (κ2) is 14.0. The second-order valence-corrected chi connectivity index (χ2v) is 6.95. The number of nitrogens with one attached hydrogen (secondary N) is 3. The summed E-state index contributed by atoms with van der Waals surface area (Å²) in [5.41, 5.74) is 4.41. The first-order chi connectivity index (χ1) is 14.9. The molecular weight excluding hydrogens is 410 g/mol. The lowest BCUT2D eigenvalue weighted by Gasteiger charge is -2.19. The quantitative estimate of drug-likeness (QED) is 0.150. The molecule has 2 amide bonds. The fourth-order valence-electron chi connectivity index (χ4n) is 2.69. The number of carbonyl (C=O) groups is 2. The molecule has 0 saturated heterocycles. The third-order valence-corrected chi connectivity index (χ3v) is 4.45. The fourth-order valence-corrected chi connectivity index (χ4v) is 2.69. The van der Waals surface area contributed by atoms with Crippen molar-refractivity contribution in [2.45, 2.75) is 39.5 Å². The zero-order valence-electron chi connectivity index (χ0n) is 17.3. The smallest absolute Gasteiger partial charge is 0.268 e. The van der Waals surface area contributed by atoms with Crippen molar-refractivity contribution in [2.24, 2.45) is 0 Å². The van der Waals surface area contributed by atoms with Crippen molar-refractivity contribution in [3.8, 4) is 11.8 Å². The molecule has 8 nitrogen and oxygen atoms in total. The van der Waals surface area contributed by atoms with E-state index in [9.17, 15) is 14.7 Å². The predicted molar refractivity (Wildman–Crippen MR) is 122 cm³/mol. The van der Waals surface area contributed by atoms with Gasteiger partial charge >= 0.3 is 0 Å². The van der Waals surface area contributed by atoms with E-state index >= 15 is 0 Å². The molecule has 0 heterocycles. The van der Waals surface area contributed by atoms with E-state index in [1.807, 2.05) is 24.3 Å². The Hall–Kier alpha value is -3.22. The maximum Gasteiger partial charge on any atom is 0.268 e. The maximum absolute atomic E-state index is 12.3. The lowest BCUT2D eigenvalue weighted by molar-refractivity contribution is -0.133. The molecule has 172 valence electrons. The van der Waals surface area contributed by atoms with Crippen molar-refractivity contribution < 1.29 is 25.0 Å². The molecular formula is C24H31N3O5. The molecule has 0 saturated carbocycles. The van der Waals surface area contributed by atoms with Crippen molar-refractivity contribution in [1.82, 2.24) is 16.1 Å². The molecule has 6 N–H and O–H groups in total. The second-order valence-electron chi connectivity index (χ2n) is 6.95. The van der Waals surface area contributed by atoms with E-state index in [4.69, 9.17) is 10.3 Å². The summed E-state index contributed by atoms with van der Waals surface area (Å²) >= 11 is 0. The van der Waals surface area contributed by atoms with Crippen LogP contribution in [0.2, 0.25) is 0 Å². The van der Waals surface area contributed by atoms with Gasteiger partial charge in [0.25, 0.3) is 11.8 Å². The Morgan fingerprint density at radius 3 is 2.06 bits per heavy atom. The normalized spacial score (nSPS) is 11.9. The van der Waals surface area contributed by atoms with E-state index in [0.29, 0.717) is 11.1 Å². The highest BCUT2D eigenvalue weighted by molar-refractivity contribution is 5.97. The average Bonchev–Trinajstić information content (AvgIpc) is 2.79. The van der Waals surface area contributed by atoms with Gasteiger partial charge in [-0.3, -0.25) is 14.8 Å². The molecule has 0 unspecified atom stereocenters. The van der Waals surface area contributed by atoms with E-state index in [0.717, 1.165) is 30.6 Å². The van der Waals surface area contributed by atoms with Crippen LogP contribution >= 0.6 is 0 Å². The van der Waals surface area contributed by atoms with Gasteiger partial charge in [0.15, 0.2) is 0 Å². The predicted octanol–water partition coefficient (Wildman–Crippen LogP) is 1.18. The molecule has 0 radical (unpaired) electrons. The Labute approximate surface area is 188 Å². The Morgan fingerprint density at radius 1 is 1.00 bits per heavy atom. The summed E-state index contributed by atoms with van der Waals surface area (Å²) in [6.07, 6.45) is -0.452. The number of rotatable bonds is 9. The van der Waals surface area contributed by atoms with Crippen LogP contribution in [0.15, 0.2) is 48.5 Å². The molecule has 8 heteroatoms. The molecule has 32 heavy (non-hydrogen) atoms. The molecule has 0 aliphatic heterocycles. The minimum atomic E-state index is -1.27. The first kappa shape index (κ1) is 26.8. The molecule has 2 aromatic rings. The number of hydrogen-bond donors (Lipinski definition) is 6. The number of hydroxylamine groups is 1. The highest BCUT2D eigenvalue weighted by Crippen LogP contribution is 2.07. The third kappa shape index (κ3) is 8.49. The molecule has 0 aromatic heterocycles. The highest BCUT2D eigenvalue weighted by Gasteiger charge is 2.25. The van der Waals surface area contributed by atoms with Crippen LogP contribution in [0.3, 0.4) is 0 Å². The van der Waals surface area contributed by atoms with Gasteiger partial charge in [-0.15, -0.1) is 0 Å². The van der Waals surface area contributed by atoms with Crippen molar-refractivity contribution >= 4 is 11.8 Å². The number of hydrogen-bond acceptors (Lipinski definition) is 6. The van der Waals surface area contributed by atoms with E-state index in [1.54, 1.807) is 24.3 Å². The molecule has 0 bridgehead atoms. The number of carbonyl (C=O) groups excluding carboxylic acids is 2. The van der Waals surface area contributed by atoms with Gasteiger partial charge in [-0.25, -0.2) is 5.48 Å². The van der Waals surface area contributed by atoms with Crippen molar-refractivity contribution in [2.75, 3.05) is 13.2 Å². The largest absolute Gasteiger partial charge is 0.396 e. The Balaban J connectivity index is 0.00000512. The van der Waals surface area contributed by atoms with E-state index in [2.05, 4.69) is 22.5 Å². The average molecular weight is 442 g/mol. The topological polar surface area (TPSA) is 131 Å². The van der Waals surface area contributed by atoms with Gasteiger partial charge in [0.05, 0.1) is 6.10 Å². The third-order valence-electron chi connectivity index (χ3n) is 4.45. The summed E-state index contributed by atoms with van der Waals surface area (Å²) in [6, 6.07) is 13.1.